The molecular weight excluding hydrogens is 394 g/mol. The third-order valence-electron chi connectivity index (χ3n) is 5.41. The number of ether oxygens (including phenoxy) is 1. The zero-order chi connectivity index (χ0) is 20.3. The number of urea groups is 1. The van der Waals surface area contributed by atoms with E-state index in [2.05, 4.69) is 5.32 Å². The monoisotopic (exact) mass is 423 g/mol. The van der Waals surface area contributed by atoms with E-state index in [4.69, 9.17) is 17.0 Å². The molecule has 0 spiro atoms. The van der Waals surface area contributed by atoms with Gasteiger partial charge in [-0.1, -0.05) is 61.4 Å². The standard InChI is InChI=1S/C20H29N3O3S2/c1-20(2)17(23(25)18(24)21-15-10-5-4-6-11-15)22(19(27)28-20)13-14-9-7-8-12-16(14)26-3/h7-9,12,15,17,25H,4-6,10-11,13H2,1-3H3,(H,21,24). The van der Waals surface area contributed by atoms with Crippen molar-refractivity contribution in [2.75, 3.05) is 7.11 Å². The molecule has 1 aliphatic carbocycles. The highest BCUT2D eigenvalue weighted by Gasteiger charge is 2.49. The maximum atomic E-state index is 12.8. The molecule has 3 rings (SSSR count). The second-order valence-corrected chi connectivity index (χ2v) is 10.2. The predicted molar refractivity (Wildman–Crippen MR) is 116 cm³/mol. The van der Waals surface area contributed by atoms with Gasteiger partial charge < -0.3 is 15.0 Å². The number of benzene rings is 1. The number of rotatable bonds is 5. The fourth-order valence-corrected chi connectivity index (χ4v) is 5.88. The fraction of sp³-hybridized carbons (Fsp3) is 0.600. The normalized spacial score (nSPS) is 22.2. The van der Waals surface area contributed by atoms with Crippen LogP contribution in [0.1, 0.15) is 51.5 Å². The SMILES string of the molecule is COc1ccccc1CN1C(=S)SC(C)(C)C1N(O)C(=O)NC1CCCCC1. The molecule has 1 atom stereocenters. The molecule has 2 amide bonds. The maximum absolute atomic E-state index is 12.8. The van der Waals surface area contributed by atoms with Gasteiger partial charge in [-0.2, -0.15) is 5.06 Å². The van der Waals surface area contributed by atoms with E-state index < -0.39 is 16.9 Å². The molecule has 0 radical (unpaired) electrons. The van der Waals surface area contributed by atoms with Crippen molar-refractivity contribution in [1.29, 1.82) is 0 Å². The van der Waals surface area contributed by atoms with Gasteiger partial charge in [0.05, 0.1) is 18.4 Å². The van der Waals surface area contributed by atoms with Crippen molar-refractivity contribution < 1.29 is 14.7 Å². The van der Waals surface area contributed by atoms with E-state index in [0.29, 0.717) is 10.9 Å². The Kier molecular flexibility index (Phi) is 6.73. The first-order valence-corrected chi connectivity index (χ1v) is 11.0. The van der Waals surface area contributed by atoms with Gasteiger partial charge in [0.25, 0.3) is 0 Å². The minimum absolute atomic E-state index is 0.127. The Bertz CT molecular complexity index is 722. The molecule has 1 heterocycles. The van der Waals surface area contributed by atoms with Crippen molar-refractivity contribution in [3.8, 4) is 5.75 Å². The van der Waals surface area contributed by atoms with Crippen LogP contribution in [0, 0.1) is 0 Å². The van der Waals surface area contributed by atoms with Crippen LogP contribution in [0.4, 0.5) is 4.79 Å². The summed E-state index contributed by atoms with van der Waals surface area (Å²) in [4.78, 5) is 14.7. The summed E-state index contributed by atoms with van der Waals surface area (Å²) in [7, 11) is 1.63. The van der Waals surface area contributed by atoms with Crippen LogP contribution in [0.5, 0.6) is 5.75 Å². The van der Waals surface area contributed by atoms with Crippen LogP contribution >= 0.6 is 24.0 Å². The molecule has 28 heavy (non-hydrogen) atoms. The van der Waals surface area contributed by atoms with Crippen LogP contribution in [-0.2, 0) is 6.54 Å². The molecule has 1 aliphatic heterocycles. The Hall–Kier alpha value is -1.51. The van der Waals surface area contributed by atoms with Crippen molar-refractivity contribution in [2.24, 2.45) is 0 Å². The van der Waals surface area contributed by atoms with Crippen molar-refractivity contribution in [2.45, 2.75) is 69.5 Å². The van der Waals surface area contributed by atoms with Gasteiger partial charge >= 0.3 is 6.03 Å². The summed E-state index contributed by atoms with van der Waals surface area (Å²) in [5, 5.41) is 14.7. The van der Waals surface area contributed by atoms with Gasteiger partial charge in [0.15, 0.2) is 0 Å². The zero-order valence-electron chi connectivity index (χ0n) is 16.7. The second kappa shape index (κ2) is 8.88. The first kappa shape index (κ1) is 21.2. The Morgan fingerprint density at radius 1 is 1.36 bits per heavy atom. The van der Waals surface area contributed by atoms with Crippen LogP contribution in [0.15, 0.2) is 24.3 Å². The number of hydrogen-bond donors (Lipinski definition) is 2. The number of carbonyl (C=O) groups excluding carboxylic acids is 1. The fourth-order valence-electron chi connectivity index (χ4n) is 4.00. The molecule has 154 valence electrons. The highest BCUT2D eigenvalue weighted by Crippen LogP contribution is 2.43. The van der Waals surface area contributed by atoms with Gasteiger partial charge in [-0.3, -0.25) is 5.21 Å². The molecular formula is C20H29N3O3S2. The summed E-state index contributed by atoms with van der Waals surface area (Å²) in [5.41, 5.74) is 0.955. The number of amides is 2. The lowest BCUT2D eigenvalue weighted by atomic mass is 9.96. The average Bonchev–Trinajstić information content (AvgIpc) is 2.90. The number of nitrogens with one attached hydrogen (secondary N) is 1. The predicted octanol–water partition coefficient (Wildman–Crippen LogP) is 4.37. The van der Waals surface area contributed by atoms with Crippen molar-refractivity contribution >= 4 is 34.3 Å². The van der Waals surface area contributed by atoms with E-state index in [1.54, 1.807) is 7.11 Å². The van der Waals surface area contributed by atoms with Gasteiger partial charge in [0, 0.05) is 11.6 Å². The summed E-state index contributed by atoms with van der Waals surface area (Å²) in [6.45, 7) is 4.44. The zero-order valence-corrected chi connectivity index (χ0v) is 18.3. The second-order valence-electron chi connectivity index (χ2n) is 7.91. The Morgan fingerprint density at radius 2 is 2.04 bits per heavy atom. The van der Waals surface area contributed by atoms with E-state index in [1.807, 2.05) is 43.0 Å². The first-order chi connectivity index (χ1) is 13.3. The molecule has 1 aromatic carbocycles. The molecule has 1 saturated carbocycles. The van der Waals surface area contributed by atoms with Crippen molar-refractivity contribution in [3.05, 3.63) is 29.8 Å². The number of hydrogen-bond acceptors (Lipinski definition) is 5. The van der Waals surface area contributed by atoms with Gasteiger partial charge in [0.1, 0.15) is 16.2 Å². The molecule has 0 bridgehead atoms. The summed E-state index contributed by atoms with van der Waals surface area (Å²) < 4.78 is 5.67. The van der Waals surface area contributed by atoms with Crippen LogP contribution in [-0.4, -0.2) is 49.6 Å². The topological polar surface area (TPSA) is 65.0 Å². The van der Waals surface area contributed by atoms with Crippen LogP contribution in [0.3, 0.4) is 0 Å². The molecule has 1 unspecified atom stereocenters. The minimum Gasteiger partial charge on any atom is -0.496 e. The van der Waals surface area contributed by atoms with Gasteiger partial charge in [-0.05, 0) is 32.8 Å². The minimum atomic E-state index is -0.571. The molecule has 0 aromatic heterocycles. The third kappa shape index (κ3) is 4.55. The number of carbonyl (C=O) groups is 1. The van der Waals surface area contributed by atoms with E-state index >= 15 is 0 Å². The molecule has 1 saturated heterocycles. The van der Waals surface area contributed by atoms with Crippen molar-refractivity contribution in [1.82, 2.24) is 15.3 Å². The Balaban J connectivity index is 1.78. The van der Waals surface area contributed by atoms with E-state index in [0.717, 1.165) is 42.1 Å². The van der Waals surface area contributed by atoms with E-state index in [1.165, 1.54) is 18.2 Å². The number of thioether (sulfide) groups is 1. The number of methoxy groups -OCH3 is 1. The molecule has 6 nitrogen and oxygen atoms in total. The van der Waals surface area contributed by atoms with E-state index in [9.17, 15) is 10.0 Å². The lowest BCUT2D eigenvalue weighted by Crippen LogP contribution is -2.57. The third-order valence-corrected chi connectivity index (χ3v) is 7.04. The van der Waals surface area contributed by atoms with Crippen LogP contribution in [0.2, 0.25) is 0 Å². The summed E-state index contributed by atoms with van der Waals surface area (Å²) in [6.07, 6.45) is 4.80. The number of thiocarbonyl (C=S) groups is 1. The van der Waals surface area contributed by atoms with E-state index in [-0.39, 0.29) is 6.04 Å². The number of nitrogens with zero attached hydrogens (tertiary/aromatic N) is 2. The lowest BCUT2D eigenvalue weighted by Gasteiger charge is -2.38. The maximum Gasteiger partial charge on any atom is 0.343 e. The average molecular weight is 424 g/mol. The Labute approximate surface area is 176 Å². The largest absolute Gasteiger partial charge is 0.496 e. The molecule has 1 aromatic rings. The molecule has 8 heteroatoms. The lowest BCUT2D eigenvalue weighted by molar-refractivity contribution is -0.121. The highest BCUT2D eigenvalue weighted by atomic mass is 32.2. The molecule has 2 N–H and O–H groups in total. The molecule has 2 aliphatic rings. The Morgan fingerprint density at radius 3 is 2.71 bits per heavy atom. The highest BCUT2D eigenvalue weighted by molar-refractivity contribution is 8.24. The quantitative estimate of drug-likeness (QED) is 0.417. The first-order valence-electron chi connectivity index (χ1n) is 9.73. The number of hydroxylamine groups is 2. The number of para-hydroxylation sites is 1. The molecule has 2 fully saturated rings. The van der Waals surface area contributed by atoms with Crippen LogP contribution < -0.4 is 10.1 Å². The summed E-state index contributed by atoms with van der Waals surface area (Å²) in [5.74, 6) is 0.759. The summed E-state index contributed by atoms with van der Waals surface area (Å²) in [6, 6.07) is 7.39. The van der Waals surface area contributed by atoms with Crippen molar-refractivity contribution in [3.63, 3.8) is 0 Å². The van der Waals surface area contributed by atoms with Gasteiger partial charge in [-0.15, -0.1) is 0 Å². The smallest absolute Gasteiger partial charge is 0.343 e. The summed E-state index contributed by atoms with van der Waals surface area (Å²) >= 11 is 7.09. The van der Waals surface area contributed by atoms with Gasteiger partial charge in [0.2, 0.25) is 0 Å². The van der Waals surface area contributed by atoms with Crippen LogP contribution in [0.25, 0.3) is 0 Å². The van der Waals surface area contributed by atoms with Gasteiger partial charge in [-0.25, -0.2) is 4.79 Å².